The summed E-state index contributed by atoms with van der Waals surface area (Å²) >= 11 is 0. The highest BCUT2D eigenvalue weighted by atomic mass is 16.5. The smallest absolute Gasteiger partial charge is 0.337 e. The number of fused-ring (bicyclic) bond motifs is 1. The van der Waals surface area contributed by atoms with Crippen molar-refractivity contribution in [3.05, 3.63) is 65.9 Å². The number of aliphatic hydroxyl groups excluding tert-OH is 1. The van der Waals surface area contributed by atoms with Crippen molar-refractivity contribution in [1.29, 1.82) is 0 Å². The van der Waals surface area contributed by atoms with Gasteiger partial charge < -0.3 is 122 Å². The number of carbonyl (C=O) groups excluding carboxylic acids is 16. The number of esters is 1. The number of aromatic nitrogens is 1. The van der Waals surface area contributed by atoms with Gasteiger partial charge in [0.05, 0.1) is 51.8 Å². The third-order valence-electron chi connectivity index (χ3n) is 19.1. The van der Waals surface area contributed by atoms with Gasteiger partial charge in [0.15, 0.2) is 11.8 Å². The number of hydrogen-bond donors (Lipinski definition) is 22. The van der Waals surface area contributed by atoms with Gasteiger partial charge in [0.25, 0.3) is 0 Å². The van der Waals surface area contributed by atoms with Gasteiger partial charge in [0, 0.05) is 40.7 Å². The van der Waals surface area contributed by atoms with E-state index < -0.39 is 267 Å². The van der Waals surface area contributed by atoms with E-state index in [1.54, 1.807) is 30.5 Å². The number of benzene rings is 2. The number of cyclic esters (lactones) is 1. The number of Topliss-reactive ketones (excluding diaryl/α,β-unsaturated/α-hetero) is 1. The highest BCUT2D eigenvalue weighted by Gasteiger charge is 2.43. The Labute approximate surface area is 669 Å². The molecule has 0 bridgehead atoms. The van der Waals surface area contributed by atoms with Crippen LogP contribution in [0.5, 0.6) is 0 Å². The molecule has 1 saturated carbocycles. The number of nitrogens with two attached hydrogens (primary N) is 3. The maximum absolute atomic E-state index is 14.9. The number of nitrogens with one attached hydrogen (secondary N) is 14. The van der Waals surface area contributed by atoms with Crippen molar-refractivity contribution < 1.29 is 126 Å². The Morgan fingerprint density at radius 2 is 1.07 bits per heavy atom. The van der Waals surface area contributed by atoms with Gasteiger partial charge in [0.1, 0.15) is 66.5 Å². The number of aliphatic carboxylic acids is 4. The van der Waals surface area contributed by atoms with Crippen molar-refractivity contribution >= 4 is 135 Å². The fourth-order valence-corrected chi connectivity index (χ4v) is 12.8. The van der Waals surface area contributed by atoms with E-state index in [-0.39, 0.29) is 25.1 Å². The van der Waals surface area contributed by atoms with Crippen molar-refractivity contribution in [2.75, 3.05) is 32.0 Å². The number of nitrogen functional groups attached to an aromatic ring is 1. The lowest BCUT2D eigenvalue weighted by atomic mass is 9.91. The molecule has 640 valence electrons. The maximum Gasteiger partial charge on any atom is 0.337 e. The lowest BCUT2D eigenvalue weighted by molar-refractivity contribution is -0.155. The number of ketones is 1. The van der Waals surface area contributed by atoms with Crippen LogP contribution in [-0.2, 0) is 102 Å². The van der Waals surface area contributed by atoms with Crippen LogP contribution in [0.25, 0.3) is 10.9 Å². The van der Waals surface area contributed by atoms with Crippen molar-refractivity contribution in [2.24, 2.45) is 23.3 Å². The molecule has 2 heterocycles. The van der Waals surface area contributed by atoms with Gasteiger partial charge in [-0.15, -0.1) is 0 Å². The molecule has 13 atom stereocenters. The van der Waals surface area contributed by atoms with E-state index in [9.17, 15) is 121 Å². The lowest BCUT2D eigenvalue weighted by Gasteiger charge is -2.30. The zero-order valence-corrected chi connectivity index (χ0v) is 64.6. The van der Waals surface area contributed by atoms with E-state index in [1.807, 2.05) is 21.3 Å². The van der Waals surface area contributed by atoms with E-state index in [2.05, 4.69) is 52.8 Å². The van der Waals surface area contributed by atoms with Crippen molar-refractivity contribution in [1.82, 2.24) is 74.1 Å². The second-order valence-corrected chi connectivity index (χ2v) is 28.4. The highest BCUT2D eigenvalue weighted by molar-refractivity contribution is 6.16. The van der Waals surface area contributed by atoms with Gasteiger partial charge in [-0.1, -0.05) is 95.0 Å². The largest absolute Gasteiger partial charge is 0.481 e. The quantitative estimate of drug-likeness (QED) is 0.0147. The number of carboxylic acid groups (broad SMARTS) is 4. The summed E-state index contributed by atoms with van der Waals surface area (Å²) in [7, 11) is 0. The number of hydrogen-bond acceptors (Lipinski definition) is 24. The highest BCUT2D eigenvalue weighted by Crippen LogP contribution is 2.25. The maximum atomic E-state index is 14.9. The number of anilines is 1. The molecule has 14 amide bonds. The van der Waals surface area contributed by atoms with Gasteiger partial charge in [0.2, 0.25) is 82.7 Å². The monoisotopic (exact) mass is 1650 g/mol. The molecule has 1 aliphatic heterocycles. The molecule has 2 aliphatic rings. The molecule has 43 nitrogen and oxygen atoms in total. The summed E-state index contributed by atoms with van der Waals surface area (Å²) in [6.07, 6.45) is 2.04. The van der Waals surface area contributed by atoms with Crippen LogP contribution in [0.15, 0.2) is 54.7 Å². The molecule has 5 rings (SSSR count). The predicted octanol–water partition coefficient (Wildman–Crippen LogP) is -5.23. The fraction of sp³-hybridized carbons (Fsp3) is 0.541. The molecule has 0 spiro atoms. The summed E-state index contributed by atoms with van der Waals surface area (Å²) in [4.78, 5) is 279. The summed E-state index contributed by atoms with van der Waals surface area (Å²) in [5.41, 5.74) is 17.8. The van der Waals surface area contributed by atoms with E-state index in [0.717, 1.165) is 77.8 Å². The van der Waals surface area contributed by atoms with Gasteiger partial charge in [-0.05, 0) is 75.8 Å². The normalized spacial score (nSPS) is 22.6. The van der Waals surface area contributed by atoms with E-state index in [4.69, 9.17) is 21.9 Å². The zero-order valence-electron chi connectivity index (χ0n) is 64.6. The minimum absolute atomic E-state index is 0.0975. The number of rotatable bonds is 27. The summed E-state index contributed by atoms with van der Waals surface area (Å²) in [5.74, 6) is -31.0. The zero-order chi connectivity index (χ0) is 86.8. The molecular formula is C74H103N17O26. The SMILES string of the molecule is C[C@H](CC(=O)O)[C@@H]1NC(=O)[C@@H](CO)NC(=O)CNC(=O)[C@H](CC(=O)O)NC(=O)[C@@H](C)NC(=O)[C@H](CC(=O)O)NC(=O)[C@H](CCCN)NC(=O)CNC(=O)[C@@H](NC(=O)[C@H](CC(=O)O)NC(=O)[C@@H](CC(N)=O)NC(=O)C(Cc2c[nH]c3ccccc23)NC(=O)C2CCCCCCCCCCC2)[C@@H](C)OC(=O)[C@H](C(=O)c2ccccc2N)NC1=O. The topological polar surface area (TPSA) is 702 Å². The summed E-state index contributed by atoms with van der Waals surface area (Å²) < 4.78 is 5.64. The van der Waals surface area contributed by atoms with E-state index in [1.165, 1.54) is 12.1 Å². The van der Waals surface area contributed by atoms with Crippen molar-refractivity contribution in [3.8, 4) is 0 Å². The first-order valence-electron chi connectivity index (χ1n) is 37.9. The summed E-state index contributed by atoms with van der Waals surface area (Å²) in [6, 6.07) is -11.4. The Balaban J connectivity index is 1.61. The third-order valence-corrected chi connectivity index (χ3v) is 19.1. The van der Waals surface area contributed by atoms with Crippen LogP contribution in [0.3, 0.4) is 0 Å². The van der Waals surface area contributed by atoms with Gasteiger partial charge >= 0.3 is 29.8 Å². The second-order valence-electron chi connectivity index (χ2n) is 28.4. The van der Waals surface area contributed by atoms with Gasteiger partial charge in [-0.2, -0.15) is 0 Å². The third kappa shape index (κ3) is 31.2. The number of carbonyl (C=O) groups is 20. The average Bonchev–Trinajstić information content (AvgIpc) is 1.60. The summed E-state index contributed by atoms with van der Waals surface area (Å²) in [5, 5.41) is 78.8. The van der Waals surface area contributed by atoms with E-state index >= 15 is 0 Å². The minimum Gasteiger partial charge on any atom is -0.481 e. The van der Waals surface area contributed by atoms with Crippen LogP contribution >= 0.6 is 0 Å². The molecule has 43 heteroatoms. The number of ether oxygens (including phenoxy) is 1. The molecule has 25 N–H and O–H groups in total. The molecule has 1 aromatic heterocycles. The number of amides is 14. The molecule has 1 saturated heterocycles. The van der Waals surface area contributed by atoms with Gasteiger partial charge in [-0.3, -0.25) is 91.1 Å². The number of aliphatic hydroxyl groups is 1. The second kappa shape index (κ2) is 47.2. The standard InChI is InChI=1S/C74H103N17O26/c1-36(26-55(96)97)59-73(115)91-61(62(104)42-21-13-15-22-43(42)76)74(116)117-38(3)60(72(114)80-34-53(94)82-45(24-17-25-75)66(108)87-49(30-57(100)101)67(109)81-37(2)63(105)84-48(29-56(98)99)65(107)79-33-54(95)83-51(35-92)71(113)89-59)90-70(112)50(31-58(102)103)88-69(111)47(28-52(77)93)86-68(110)46(27-40-32-78-44-23-16-14-20-41(40)44)85-64(106)39-18-11-9-7-5-4-6-8-10-12-19-39/h13-16,20-23,32,36-39,45-51,59-61,78,92H,4-12,17-19,24-31,33-35,75-76H2,1-3H3,(H2,77,93)(H,79,107)(H,80,114)(H,81,109)(H,82,94)(H,83,95)(H,84,105)(H,85,106)(H,86,110)(H,87,108)(H,88,111)(H,89,113)(H,90,112)(H,91,115)(H,96,97)(H,98,99)(H,100,101)(H,102,103)/t36-,37-,38-,45+,46?,47-,48+,49+,50+,51-,59+,60+,61+/m1/s1. The number of aromatic amines is 1. The van der Waals surface area contributed by atoms with E-state index in [0.29, 0.717) is 42.1 Å². The molecule has 2 aromatic carbocycles. The molecule has 1 aliphatic carbocycles. The predicted molar refractivity (Wildman–Crippen MR) is 407 cm³/mol. The van der Waals surface area contributed by atoms with Crippen LogP contribution in [-0.4, -0.2) is 248 Å². The number of primary amides is 1. The van der Waals surface area contributed by atoms with Crippen LogP contribution in [0, 0.1) is 11.8 Å². The Bertz CT molecular complexity index is 4120. The Morgan fingerprint density at radius 1 is 0.547 bits per heavy atom. The first-order chi connectivity index (χ1) is 55.4. The van der Waals surface area contributed by atoms with Crippen molar-refractivity contribution in [2.45, 2.75) is 215 Å². The van der Waals surface area contributed by atoms with Crippen LogP contribution < -0.4 is 86.3 Å². The summed E-state index contributed by atoms with van der Waals surface area (Å²) in [6.45, 7) is -1.04. The Morgan fingerprint density at radius 3 is 1.64 bits per heavy atom. The first-order valence-corrected chi connectivity index (χ1v) is 37.9. The lowest BCUT2D eigenvalue weighted by Crippen LogP contribution is -2.62. The van der Waals surface area contributed by atoms with Crippen LogP contribution in [0.1, 0.15) is 152 Å². The molecule has 3 aromatic rings. The molecular weight excluding hydrogens is 1540 g/mol. The molecule has 2 fully saturated rings. The minimum atomic E-state index is -2.71. The molecule has 1 unspecified atom stereocenters. The number of carboxylic acids is 4. The fourth-order valence-electron chi connectivity index (χ4n) is 12.8. The number of para-hydroxylation sites is 2. The first kappa shape index (κ1) is 94.9. The van der Waals surface area contributed by atoms with Crippen LogP contribution in [0.2, 0.25) is 0 Å². The molecule has 117 heavy (non-hydrogen) atoms. The van der Waals surface area contributed by atoms with Crippen molar-refractivity contribution in [3.63, 3.8) is 0 Å². The molecule has 0 radical (unpaired) electrons. The Kier molecular flexibility index (Phi) is 38.3. The number of H-pyrrole nitrogens is 1. The van der Waals surface area contributed by atoms with Crippen LogP contribution in [0.4, 0.5) is 5.69 Å². The van der Waals surface area contributed by atoms with Gasteiger partial charge in [-0.25, -0.2) is 4.79 Å². The Hall–Kier alpha value is -12.7. The average molecular weight is 1650 g/mol.